The summed E-state index contributed by atoms with van der Waals surface area (Å²) in [5.41, 5.74) is -0.254. The second-order valence-corrected chi connectivity index (χ2v) is 2.78. The zero-order valence-electron chi connectivity index (χ0n) is 7.40. The van der Waals surface area contributed by atoms with E-state index < -0.39 is 5.97 Å². The van der Waals surface area contributed by atoms with Gasteiger partial charge in [0.25, 0.3) is 0 Å². The fourth-order valence-electron chi connectivity index (χ4n) is 0.759. The van der Waals surface area contributed by atoms with Crippen LogP contribution in [-0.2, 0) is 4.74 Å². The van der Waals surface area contributed by atoms with Gasteiger partial charge in [0.1, 0.15) is 5.69 Å². The number of hydrogen-bond acceptors (Lipinski definition) is 4. The molecule has 70 valence electrons. The maximum Gasteiger partial charge on any atom is 0.356 e. The fraction of sp³-hybridized carbons (Fsp3) is 0.375. The molecule has 0 aliphatic heterocycles. The van der Waals surface area contributed by atoms with Gasteiger partial charge in [0, 0.05) is 6.07 Å². The molecule has 0 aliphatic carbocycles. The maximum atomic E-state index is 11.2. The summed E-state index contributed by atoms with van der Waals surface area (Å²) in [4.78, 5) is 22.0. The van der Waals surface area contributed by atoms with Gasteiger partial charge in [-0.2, -0.15) is 5.10 Å². The van der Waals surface area contributed by atoms with Crippen LogP contribution in [0.1, 0.15) is 24.3 Å². The number of esters is 1. The molecule has 5 nitrogen and oxygen atoms in total. The van der Waals surface area contributed by atoms with Gasteiger partial charge >= 0.3 is 5.97 Å². The Bertz CT molecular complexity index is 356. The van der Waals surface area contributed by atoms with E-state index in [1.54, 1.807) is 13.8 Å². The predicted molar refractivity (Wildman–Crippen MR) is 45.4 cm³/mol. The Hall–Kier alpha value is -1.65. The first kappa shape index (κ1) is 9.44. The average molecular weight is 182 g/mol. The lowest BCUT2D eigenvalue weighted by molar-refractivity contribution is 0.0369. The first-order valence-corrected chi connectivity index (χ1v) is 3.85. The number of hydrogen-bond donors (Lipinski definition) is 1. The molecule has 1 aromatic heterocycles. The molecule has 0 atom stereocenters. The Balaban J connectivity index is 2.83. The predicted octanol–water partition coefficient (Wildman–Crippen LogP) is 0.335. The van der Waals surface area contributed by atoms with Gasteiger partial charge in [-0.15, -0.1) is 0 Å². The molecule has 0 saturated heterocycles. The number of aromatic amines is 1. The van der Waals surface area contributed by atoms with Crippen LogP contribution in [0.4, 0.5) is 0 Å². The van der Waals surface area contributed by atoms with Crippen LogP contribution in [0.3, 0.4) is 0 Å². The highest BCUT2D eigenvalue weighted by atomic mass is 16.5. The summed E-state index contributed by atoms with van der Waals surface area (Å²) in [6.07, 6.45) is 0.878. The second kappa shape index (κ2) is 3.84. The summed E-state index contributed by atoms with van der Waals surface area (Å²) < 4.78 is 4.84. The number of aromatic nitrogens is 2. The van der Waals surface area contributed by atoms with Crippen LogP contribution < -0.4 is 5.43 Å². The van der Waals surface area contributed by atoms with E-state index >= 15 is 0 Å². The number of carbonyl (C=O) groups excluding carboxylic acids is 1. The summed E-state index contributed by atoms with van der Waals surface area (Å²) in [5.74, 6) is -0.569. The second-order valence-electron chi connectivity index (χ2n) is 2.78. The smallest absolute Gasteiger partial charge is 0.356 e. The molecular formula is C8H10N2O3. The Kier molecular flexibility index (Phi) is 2.79. The van der Waals surface area contributed by atoms with Gasteiger partial charge in [-0.3, -0.25) is 9.89 Å². The lowest BCUT2D eigenvalue weighted by Crippen LogP contribution is -2.16. The van der Waals surface area contributed by atoms with Crippen molar-refractivity contribution in [1.82, 2.24) is 10.2 Å². The van der Waals surface area contributed by atoms with Gasteiger partial charge in [0.2, 0.25) is 5.43 Å². The third-order valence-corrected chi connectivity index (χ3v) is 1.23. The fourth-order valence-corrected chi connectivity index (χ4v) is 0.759. The number of ether oxygens (including phenoxy) is 1. The largest absolute Gasteiger partial charge is 0.458 e. The maximum absolute atomic E-state index is 11.2. The molecule has 1 heterocycles. The Morgan fingerprint density at radius 2 is 2.31 bits per heavy atom. The van der Waals surface area contributed by atoms with E-state index in [9.17, 15) is 9.59 Å². The monoisotopic (exact) mass is 182 g/mol. The van der Waals surface area contributed by atoms with Gasteiger partial charge in [0.15, 0.2) is 0 Å². The lowest BCUT2D eigenvalue weighted by Gasteiger charge is -2.06. The molecule has 1 N–H and O–H groups in total. The first-order chi connectivity index (χ1) is 6.09. The molecule has 0 bridgehead atoms. The summed E-state index contributed by atoms with van der Waals surface area (Å²) in [7, 11) is 0. The Morgan fingerprint density at radius 1 is 1.62 bits per heavy atom. The lowest BCUT2D eigenvalue weighted by atomic mass is 10.4. The normalized spacial score (nSPS) is 10.1. The Morgan fingerprint density at radius 3 is 2.85 bits per heavy atom. The zero-order valence-corrected chi connectivity index (χ0v) is 7.40. The minimum atomic E-state index is -0.569. The summed E-state index contributed by atoms with van der Waals surface area (Å²) in [6.45, 7) is 3.46. The van der Waals surface area contributed by atoms with E-state index in [0.717, 1.165) is 12.3 Å². The molecule has 1 aromatic rings. The highest BCUT2D eigenvalue weighted by molar-refractivity contribution is 5.86. The van der Waals surface area contributed by atoms with Crippen LogP contribution >= 0.6 is 0 Å². The molecule has 0 saturated carbocycles. The number of nitrogens with one attached hydrogen (secondary N) is 1. The van der Waals surface area contributed by atoms with E-state index in [1.165, 1.54) is 0 Å². The van der Waals surface area contributed by atoms with Crippen LogP contribution in [0.5, 0.6) is 0 Å². The van der Waals surface area contributed by atoms with Gasteiger partial charge < -0.3 is 4.74 Å². The molecule has 13 heavy (non-hydrogen) atoms. The summed E-state index contributed by atoms with van der Waals surface area (Å²) >= 11 is 0. The van der Waals surface area contributed by atoms with Gasteiger partial charge in [0.05, 0.1) is 12.3 Å². The molecule has 0 aromatic carbocycles. The quantitative estimate of drug-likeness (QED) is 0.669. The SMILES string of the molecule is CC(C)OC(=O)c1cc(=O)cn[nH]1. The van der Waals surface area contributed by atoms with E-state index in [4.69, 9.17) is 4.74 Å². The molecule has 0 aliphatic rings. The molecular weight excluding hydrogens is 172 g/mol. The topological polar surface area (TPSA) is 72.1 Å². The van der Waals surface area contributed by atoms with E-state index in [-0.39, 0.29) is 17.2 Å². The van der Waals surface area contributed by atoms with E-state index in [1.807, 2.05) is 0 Å². The van der Waals surface area contributed by atoms with Gasteiger partial charge in [-0.05, 0) is 13.8 Å². The standard InChI is InChI=1S/C8H10N2O3/c1-5(2)13-8(12)7-3-6(11)4-9-10-7/h3-5H,1-2H3,(H,10,11). The van der Waals surface area contributed by atoms with E-state index in [2.05, 4.69) is 10.2 Å². The highest BCUT2D eigenvalue weighted by Crippen LogP contribution is 1.96. The summed E-state index contributed by atoms with van der Waals surface area (Å²) in [6, 6.07) is 1.15. The van der Waals surface area contributed by atoms with Crippen molar-refractivity contribution < 1.29 is 9.53 Å². The number of rotatable bonds is 2. The van der Waals surface area contributed by atoms with Crippen LogP contribution in [0.15, 0.2) is 17.1 Å². The first-order valence-electron chi connectivity index (χ1n) is 3.85. The van der Waals surface area contributed by atoms with Crippen molar-refractivity contribution in [1.29, 1.82) is 0 Å². The minimum absolute atomic E-state index is 0.0706. The summed E-state index contributed by atoms with van der Waals surface area (Å²) in [5, 5.41) is 5.86. The minimum Gasteiger partial charge on any atom is -0.458 e. The number of H-pyrrole nitrogens is 1. The van der Waals surface area contributed by atoms with Crippen LogP contribution in [0, 0.1) is 0 Å². The Labute approximate surface area is 74.7 Å². The van der Waals surface area contributed by atoms with Crippen LogP contribution in [0.25, 0.3) is 0 Å². The van der Waals surface area contributed by atoms with Gasteiger partial charge in [-0.25, -0.2) is 4.79 Å². The molecule has 0 amide bonds. The van der Waals surface area contributed by atoms with Gasteiger partial charge in [-0.1, -0.05) is 0 Å². The average Bonchev–Trinajstić information content (AvgIpc) is 2.03. The zero-order chi connectivity index (χ0) is 9.84. The molecule has 0 spiro atoms. The van der Waals surface area contributed by atoms with Crippen molar-refractivity contribution in [2.45, 2.75) is 20.0 Å². The van der Waals surface area contributed by atoms with Crippen LogP contribution in [-0.4, -0.2) is 22.3 Å². The third-order valence-electron chi connectivity index (χ3n) is 1.23. The number of nitrogens with zero attached hydrogens (tertiary/aromatic N) is 1. The van der Waals surface area contributed by atoms with Crippen LogP contribution in [0.2, 0.25) is 0 Å². The van der Waals surface area contributed by atoms with E-state index in [0.29, 0.717) is 0 Å². The van der Waals surface area contributed by atoms with Crippen molar-refractivity contribution >= 4 is 5.97 Å². The van der Waals surface area contributed by atoms with Crippen molar-refractivity contribution in [3.8, 4) is 0 Å². The molecule has 0 fully saturated rings. The van der Waals surface area contributed by atoms with Crippen molar-refractivity contribution in [3.63, 3.8) is 0 Å². The molecule has 0 radical (unpaired) electrons. The van der Waals surface area contributed by atoms with Crippen molar-refractivity contribution in [3.05, 3.63) is 28.2 Å². The number of carbonyl (C=O) groups is 1. The molecule has 0 unspecified atom stereocenters. The molecule has 1 rings (SSSR count). The van der Waals surface area contributed by atoms with Crippen molar-refractivity contribution in [2.24, 2.45) is 0 Å². The molecule has 5 heteroatoms. The highest BCUT2D eigenvalue weighted by Gasteiger charge is 2.09. The van der Waals surface area contributed by atoms with Crippen molar-refractivity contribution in [2.75, 3.05) is 0 Å². The third kappa shape index (κ3) is 2.70.